The van der Waals surface area contributed by atoms with E-state index in [2.05, 4.69) is 38.1 Å². The number of aliphatic hydroxyl groups excluding tert-OH is 1. The summed E-state index contributed by atoms with van der Waals surface area (Å²) in [7, 11) is 0. The highest BCUT2D eigenvalue weighted by Gasteiger charge is 2.26. The van der Waals surface area contributed by atoms with Gasteiger partial charge in [0.2, 0.25) is 0 Å². The van der Waals surface area contributed by atoms with Crippen LogP contribution in [0.5, 0.6) is 5.75 Å². The van der Waals surface area contributed by atoms with E-state index < -0.39 is 0 Å². The predicted molar refractivity (Wildman–Crippen MR) is 84.8 cm³/mol. The van der Waals surface area contributed by atoms with Crippen LogP contribution < -0.4 is 4.74 Å². The van der Waals surface area contributed by atoms with E-state index in [0.29, 0.717) is 13.0 Å². The predicted octanol–water partition coefficient (Wildman–Crippen LogP) is 3.46. The fourth-order valence-electron chi connectivity index (χ4n) is 3.01. The third kappa shape index (κ3) is 3.11. The fraction of sp³-hybridized carbons (Fsp3) is 0.368. The van der Waals surface area contributed by atoms with Crippen molar-refractivity contribution in [2.45, 2.75) is 32.8 Å². The lowest BCUT2D eigenvalue weighted by molar-refractivity contribution is 0.0651. The molecule has 0 bridgehead atoms. The van der Waals surface area contributed by atoms with E-state index in [0.717, 1.165) is 12.2 Å². The third-order valence-electron chi connectivity index (χ3n) is 4.39. The lowest BCUT2D eigenvalue weighted by atomic mass is 9.88. The molecule has 3 rings (SSSR count). The van der Waals surface area contributed by atoms with Crippen LogP contribution in [0.15, 0.2) is 42.5 Å². The number of fused-ring (bicyclic) bond motifs is 1. The molecule has 2 aromatic carbocycles. The van der Waals surface area contributed by atoms with Crippen molar-refractivity contribution in [3.63, 3.8) is 0 Å². The highest BCUT2D eigenvalue weighted by Crippen LogP contribution is 2.29. The van der Waals surface area contributed by atoms with Gasteiger partial charge in [0.05, 0.1) is 12.7 Å². The topological polar surface area (TPSA) is 29.5 Å². The molecule has 1 aliphatic rings. The smallest absolute Gasteiger partial charge is 0.122 e. The highest BCUT2D eigenvalue weighted by molar-refractivity contribution is 5.36. The van der Waals surface area contributed by atoms with Gasteiger partial charge >= 0.3 is 0 Å². The first-order valence-corrected chi connectivity index (χ1v) is 7.58. The molecule has 0 aromatic heterocycles. The minimum Gasteiger partial charge on any atom is -0.493 e. The van der Waals surface area contributed by atoms with Crippen molar-refractivity contribution < 1.29 is 9.84 Å². The number of aliphatic hydroxyl groups is 1. The van der Waals surface area contributed by atoms with Gasteiger partial charge in [-0.05, 0) is 49.4 Å². The number of hydrogen-bond donors (Lipinski definition) is 1. The molecule has 1 heterocycles. The largest absolute Gasteiger partial charge is 0.493 e. The van der Waals surface area contributed by atoms with Crippen LogP contribution in [0.25, 0.3) is 0 Å². The van der Waals surface area contributed by atoms with Gasteiger partial charge in [-0.1, -0.05) is 42.0 Å². The van der Waals surface area contributed by atoms with Gasteiger partial charge in [0.15, 0.2) is 0 Å². The lowest BCUT2D eigenvalue weighted by Crippen LogP contribution is -2.33. The van der Waals surface area contributed by atoms with Crippen LogP contribution in [0.1, 0.15) is 22.3 Å². The molecule has 2 nitrogen and oxygen atoms in total. The summed E-state index contributed by atoms with van der Waals surface area (Å²) in [6.45, 7) is 4.80. The van der Waals surface area contributed by atoms with Crippen molar-refractivity contribution in [1.29, 1.82) is 0 Å². The Hall–Kier alpha value is -1.80. The average molecular weight is 282 g/mol. The van der Waals surface area contributed by atoms with Crippen molar-refractivity contribution in [2.75, 3.05) is 6.61 Å². The molecule has 1 N–H and O–H groups in total. The number of ether oxygens (including phenoxy) is 1. The van der Waals surface area contributed by atoms with Crippen LogP contribution >= 0.6 is 0 Å². The summed E-state index contributed by atoms with van der Waals surface area (Å²) in [4.78, 5) is 0. The van der Waals surface area contributed by atoms with Crippen LogP contribution in [0.3, 0.4) is 0 Å². The number of rotatable bonds is 3. The maximum Gasteiger partial charge on any atom is 0.122 e. The summed E-state index contributed by atoms with van der Waals surface area (Å²) in [5.74, 6) is 1.13. The van der Waals surface area contributed by atoms with Gasteiger partial charge in [-0.25, -0.2) is 0 Å². The molecule has 0 saturated heterocycles. The standard InChI is InChI=1S/C19H22O2/c1-13-7-8-14(2)16(9-13)11-18(20)17-10-15-5-3-4-6-19(15)21-12-17/h3-9,17-18,20H,10-12H2,1-2H3. The zero-order valence-corrected chi connectivity index (χ0v) is 12.7. The molecule has 1 aliphatic heterocycles. The summed E-state index contributed by atoms with van der Waals surface area (Å²) in [5, 5.41) is 10.6. The van der Waals surface area contributed by atoms with Crippen molar-refractivity contribution in [1.82, 2.24) is 0 Å². The monoisotopic (exact) mass is 282 g/mol. The Labute approximate surface area is 126 Å². The molecule has 0 radical (unpaired) electrons. The lowest BCUT2D eigenvalue weighted by Gasteiger charge is -2.29. The van der Waals surface area contributed by atoms with Gasteiger partial charge in [0, 0.05) is 5.92 Å². The molecule has 0 fully saturated rings. The molecule has 21 heavy (non-hydrogen) atoms. The number of hydrogen-bond acceptors (Lipinski definition) is 2. The van der Waals surface area contributed by atoms with Gasteiger partial charge in [0.25, 0.3) is 0 Å². The second-order valence-corrected chi connectivity index (χ2v) is 6.08. The minimum atomic E-state index is -0.362. The van der Waals surface area contributed by atoms with Crippen LogP contribution in [-0.2, 0) is 12.8 Å². The summed E-state index contributed by atoms with van der Waals surface area (Å²) in [5.41, 5.74) is 4.93. The number of para-hydroxylation sites is 1. The summed E-state index contributed by atoms with van der Waals surface area (Å²) < 4.78 is 5.79. The molecule has 110 valence electrons. The molecule has 0 amide bonds. The van der Waals surface area contributed by atoms with Crippen LogP contribution in [0.2, 0.25) is 0 Å². The molecular weight excluding hydrogens is 260 g/mol. The highest BCUT2D eigenvalue weighted by atomic mass is 16.5. The maximum atomic E-state index is 10.6. The first-order chi connectivity index (χ1) is 10.1. The quantitative estimate of drug-likeness (QED) is 0.934. The van der Waals surface area contributed by atoms with Crippen molar-refractivity contribution in [3.05, 3.63) is 64.7 Å². The van der Waals surface area contributed by atoms with Gasteiger partial charge in [-0.3, -0.25) is 0 Å². The van der Waals surface area contributed by atoms with E-state index >= 15 is 0 Å². The van der Waals surface area contributed by atoms with Gasteiger partial charge < -0.3 is 9.84 Å². The molecule has 2 atom stereocenters. The third-order valence-corrected chi connectivity index (χ3v) is 4.39. The summed E-state index contributed by atoms with van der Waals surface area (Å²) in [6, 6.07) is 14.5. The van der Waals surface area contributed by atoms with Crippen LogP contribution in [0, 0.1) is 19.8 Å². The second-order valence-electron chi connectivity index (χ2n) is 6.08. The normalized spacial score (nSPS) is 18.7. The van der Waals surface area contributed by atoms with Gasteiger partial charge in [0.1, 0.15) is 5.75 Å². The molecule has 0 saturated carbocycles. The minimum absolute atomic E-state index is 0.166. The Morgan fingerprint density at radius 1 is 1.19 bits per heavy atom. The van der Waals surface area contributed by atoms with Crippen LogP contribution in [0.4, 0.5) is 0 Å². The Kier molecular flexibility index (Phi) is 3.98. The molecule has 2 unspecified atom stereocenters. The Bertz CT molecular complexity index is 633. The molecule has 0 aliphatic carbocycles. The Morgan fingerprint density at radius 3 is 2.86 bits per heavy atom. The van der Waals surface area contributed by atoms with Gasteiger partial charge in [-0.2, -0.15) is 0 Å². The summed E-state index contributed by atoms with van der Waals surface area (Å²) in [6.07, 6.45) is 1.23. The molecule has 0 spiro atoms. The molecule has 2 aromatic rings. The van der Waals surface area contributed by atoms with E-state index in [1.165, 1.54) is 22.3 Å². The van der Waals surface area contributed by atoms with Crippen molar-refractivity contribution >= 4 is 0 Å². The Morgan fingerprint density at radius 2 is 2.00 bits per heavy atom. The molecule has 2 heteroatoms. The van der Waals surface area contributed by atoms with E-state index in [9.17, 15) is 5.11 Å². The first-order valence-electron chi connectivity index (χ1n) is 7.58. The fourth-order valence-corrected chi connectivity index (χ4v) is 3.01. The zero-order chi connectivity index (χ0) is 14.8. The number of aryl methyl sites for hydroxylation is 2. The van der Waals surface area contributed by atoms with E-state index in [1.807, 2.05) is 18.2 Å². The SMILES string of the molecule is Cc1ccc(C)c(CC(O)C2COc3ccccc3C2)c1. The van der Waals surface area contributed by atoms with Gasteiger partial charge in [-0.15, -0.1) is 0 Å². The summed E-state index contributed by atoms with van der Waals surface area (Å²) >= 11 is 0. The average Bonchev–Trinajstić information content (AvgIpc) is 2.50. The van der Waals surface area contributed by atoms with E-state index in [-0.39, 0.29) is 12.0 Å². The van der Waals surface area contributed by atoms with E-state index in [1.54, 1.807) is 0 Å². The molecular formula is C19H22O2. The maximum absolute atomic E-state index is 10.6. The van der Waals surface area contributed by atoms with Crippen molar-refractivity contribution in [2.24, 2.45) is 5.92 Å². The number of benzene rings is 2. The zero-order valence-electron chi connectivity index (χ0n) is 12.7. The first kappa shape index (κ1) is 14.2. The van der Waals surface area contributed by atoms with Crippen molar-refractivity contribution in [3.8, 4) is 5.75 Å². The van der Waals surface area contributed by atoms with E-state index in [4.69, 9.17) is 4.74 Å². The second kappa shape index (κ2) is 5.90. The Balaban J connectivity index is 1.72. The van der Waals surface area contributed by atoms with Crippen LogP contribution in [-0.4, -0.2) is 17.8 Å².